The van der Waals surface area contributed by atoms with Gasteiger partial charge in [0.05, 0.1) is 6.04 Å². The number of benzene rings is 1. The molecule has 2 amide bonds. The Morgan fingerprint density at radius 1 is 1.19 bits per heavy atom. The van der Waals surface area contributed by atoms with Crippen LogP contribution in [0.15, 0.2) is 47.6 Å². The molecule has 0 bridgehead atoms. The summed E-state index contributed by atoms with van der Waals surface area (Å²) in [6, 6.07) is 8.93. The van der Waals surface area contributed by atoms with Crippen LogP contribution in [0.1, 0.15) is 49.2 Å². The number of hydrogen-bond donors (Lipinski definition) is 2. The van der Waals surface area contributed by atoms with Gasteiger partial charge in [0.2, 0.25) is 0 Å². The summed E-state index contributed by atoms with van der Waals surface area (Å²) in [5, 5.41) is 5.79. The molecule has 0 radical (unpaired) electrons. The highest BCUT2D eigenvalue weighted by atomic mass is 32.2. The van der Waals surface area contributed by atoms with E-state index >= 15 is 0 Å². The predicted octanol–water partition coefficient (Wildman–Crippen LogP) is 4.40. The molecule has 0 saturated heterocycles. The Hall–Kier alpha value is -2.54. The third-order valence-corrected chi connectivity index (χ3v) is 5.05. The molecule has 1 aliphatic heterocycles. The Labute approximate surface area is 163 Å². The molecule has 1 aromatic carbocycles. The number of carbonyl (C=O) groups excluding carboxylic acids is 2. The Morgan fingerprint density at radius 3 is 2.63 bits per heavy atom. The van der Waals surface area contributed by atoms with Crippen LogP contribution in [0, 0.1) is 0 Å². The molecule has 7 heteroatoms. The average molecular weight is 385 g/mol. The van der Waals surface area contributed by atoms with Crippen molar-refractivity contribution >= 4 is 29.4 Å². The molecule has 27 heavy (non-hydrogen) atoms. The molecule has 0 saturated carbocycles. The summed E-state index contributed by atoms with van der Waals surface area (Å²) in [6.07, 6.45) is 3.65. The minimum atomic E-state index is -0.536. The van der Waals surface area contributed by atoms with E-state index in [1.165, 1.54) is 0 Å². The van der Waals surface area contributed by atoms with Crippen LogP contribution in [0.3, 0.4) is 0 Å². The number of anilines is 1. The summed E-state index contributed by atoms with van der Waals surface area (Å²) in [6.45, 7) is 5.51. The molecule has 0 spiro atoms. The number of nitrogens with one attached hydrogen (secondary N) is 2. The Bertz CT molecular complexity index is 834. The van der Waals surface area contributed by atoms with E-state index in [9.17, 15) is 9.59 Å². The fourth-order valence-corrected chi connectivity index (χ4v) is 3.93. The minimum absolute atomic E-state index is 0.117. The van der Waals surface area contributed by atoms with Crippen LogP contribution in [0.4, 0.5) is 10.5 Å². The fourth-order valence-electron chi connectivity index (χ4n) is 2.77. The van der Waals surface area contributed by atoms with Crippen molar-refractivity contribution in [3.63, 3.8) is 0 Å². The number of amides is 2. The first-order chi connectivity index (χ1) is 12.8. The molecule has 1 aliphatic rings. The van der Waals surface area contributed by atoms with E-state index in [-0.39, 0.29) is 11.9 Å². The zero-order valence-corrected chi connectivity index (χ0v) is 16.4. The van der Waals surface area contributed by atoms with Gasteiger partial charge in [0, 0.05) is 34.3 Å². The molecule has 1 atom stereocenters. The number of ether oxygens (including phenoxy) is 1. The minimum Gasteiger partial charge on any atom is -0.444 e. The number of thioether (sulfide) groups is 1. The largest absolute Gasteiger partial charge is 0.444 e. The normalized spacial score (nSPS) is 16.2. The maximum Gasteiger partial charge on any atom is 0.408 e. The van der Waals surface area contributed by atoms with Gasteiger partial charge in [-0.25, -0.2) is 4.79 Å². The molecule has 2 heterocycles. The number of carbonyl (C=O) groups is 2. The molecular formula is C20H23N3O3S. The number of aromatic nitrogens is 1. The van der Waals surface area contributed by atoms with Crippen LogP contribution >= 0.6 is 11.8 Å². The zero-order chi connectivity index (χ0) is 19.4. The van der Waals surface area contributed by atoms with Crippen LogP contribution < -0.4 is 10.6 Å². The molecule has 0 unspecified atom stereocenters. The van der Waals surface area contributed by atoms with Crippen molar-refractivity contribution in [1.29, 1.82) is 0 Å². The molecule has 2 aromatic rings. The fraction of sp³-hybridized carbons (Fsp3) is 0.350. The van der Waals surface area contributed by atoms with E-state index in [1.54, 1.807) is 42.4 Å². The zero-order valence-electron chi connectivity index (χ0n) is 15.6. The van der Waals surface area contributed by atoms with Gasteiger partial charge < -0.3 is 15.4 Å². The lowest BCUT2D eigenvalue weighted by Crippen LogP contribution is -2.36. The van der Waals surface area contributed by atoms with Gasteiger partial charge in [-0.15, -0.1) is 11.8 Å². The standard InChI is InChI=1S/C20H23N3O3S/c1-20(2,3)26-19(25)23-16-8-11-27-17-12-13(4-5-15(16)17)18(24)22-14-6-9-21-10-7-14/h4-7,9-10,12,16H,8,11H2,1-3H3,(H,23,25)(H,21,22,24)/t16-/m0/s1. The molecule has 6 nitrogen and oxygen atoms in total. The molecule has 2 N–H and O–H groups in total. The number of nitrogens with zero attached hydrogens (tertiary/aromatic N) is 1. The van der Waals surface area contributed by atoms with Crippen LogP contribution in [-0.4, -0.2) is 28.3 Å². The lowest BCUT2D eigenvalue weighted by atomic mass is 10.0. The average Bonchev–Trinajstić information content (AvgIpc) is 2.60. The SMILES string of the molecule is CC(C)(C)OC(=O)N[C@H]1CCSc2cc(C(=O)Nc3ccncc3)ccc21. The van der Waals surface area contributed by atoms with Crippen molar-refractivity contribution in [2.75, 3.05) is 11.1 Å². The number of rotatable bonds is 3. The summed E-state index contributed by atoms with van der Waals surface area (Å²) in [7, 11) is 0. The van der Waals surface area contributed by atoms with Crippen LogP contribution in [0.5, 0.6) is 0 Å². The number of alkyl carbamates (subject to hydrolysis) is 1. The van der Waals surface area contributed by atoms with E-state index in [0.717, 1.165) is 22.6 Å². The van der Waals surface area contributed by atoms with Gasteiger partial charge in [0.15, 0.2) is 0 Å². The van der Waals surface area contributed by atoms with Crippen LogP contribution in [0.25, 0.3) is 0 Å². The first-order valence-electron chi connectivity index (χ1n) is 8.79. The van der Waals surface area contributed by atoms with Crippen molar-refractivity contribution in [3.8, 4) is 0 Å². The van der Waals surface area contributed by atoms with Crippen molar-refractivity contribution in [2.24, 2.45) is 0 Å². The van der Waals surface area contributed by atoms with Gasteiger partial charge in [0.25, 0.3) is 5.91 Å². The van der Waals surface area contributed by atoms with E-state index in [0.29, 0.717) is 11.3 Å². The molecule has 0 aliphatic carbocycles. The lowest BCUT2D eigenvalue weighted by Gasteiger charge is -2.28. The highest BCUT2D eigenvalue weighted by Crippen LogP contribution is 2.37. The molecular weight excluding hydrogens is 362 g/mol. The molecule has 1 aromatic heterocycles. The van der Waals surface area contributed by atoms with Crippen LogP contribution in [-0.2, 0) is 4.74 Å². The van der Waals surface area contributed by atoms with E-state index < -0.39 is 11.7 Å². The number of hydrogen-bond acceptors (Lipinski definition) is 5. The maximum atomic E-state index is 12.5. The van der Waals surface area contributed by atoms with Gasteiger partial charge in [0.1, 0.15) is 5.60 Å². The third kappa shape index (κ3) is 5.23. The first-order valence-corrected chi connectivity index (χ1v) is 9.78. The highest BCUT2D eigenvalue weighted by molar-refractivity contribution is 7.99. The smallest absolute Gasteiger partial charge is 0.408 e. The van der Waals surface area contributed by atoms with Gasteiger partial charge in [-0.1, -0.05) is 6.07 Å². The van der Waals surface area contributed by atoms with Crippen LogP contribution in [0.2, 0.25) is 0 Å². The van der Waals surface area contributed by atoms with Gasteiger partial charge in [-0.05, 0) is 57.0 Å². The monoisotopic (exact) mass is 385 g/mol. The topological polar surface area (TPSA) is 80.3 Å². The summed E-state index contributed by atoms with van der Waals surface area (Å²) in [5.41, 5.74) is 1.75. The Kier molecular flexibility index (Phi) is 5.70. The Balaban J connectivity index is 1.72. The second kappa shape index (κ2) is 8.00. The van der Waals surface area contributed by atoms with Crippen molar-refractivity contribution in [1.82, 2.24) is 10.3 Å². The van der Waals surface area contributed by atoms with Crippen molar-refractivity contribution < 1.29 is 14.3 Å². The Morgan fingerprint density at radius 2 is 1.93 bits per heavy atom. The number of fused-ring (bicyclic) bond motifs is 1. The summed E-state index contributed by atoms with van der Waals surface area (Å²) < 4.78 is 5.36. The predicted molar refractivity (Wildman–Crippen MR) is 106 cm³/mol. The van der Waals surface area contributed by atoms with E-state index in [2.05, 4.69) is 15.6 Å². The van der Waals surface area contributed by atoms with Gasteiger partial charge in [-0.3, -0.25) is 9.78 Å². The first kappa shape index (κ1) is 19.2. The summed E-state index contributed by atoms with van der Waals surface area (Å²) in [5.74, 6) is 0.690. The summed E-state index contributed by atoms with van der Waals surface area (Å²) in [4.78, 5) is 29.5. The van der Waals surface area contributed by atoms with E-state index in [4.69, 9.17) is 4.74 Å². The second-order valence-corrected chi connectivity index (χ2v) is 8.42. The lowest BCUT2D eigenvalue weighted by molar-refractivity contribution is 0.0501. The maximum absolute atomic E-state index is 12.5. The molecule has 0 fully saturated rings. The molecule has 142 valence electrons. The quantitative estimate of drug-likeness (QED) is 0.819. The van der Waals surface area contributed by atoms with Crippen molar-refractivity contribution in [3.05, 3.63) is 53.9 Å². The number of pyridine rings is 1. The highest BCUT2D eigenvalue weighted by Gasteiger charge is 2.25. The van der Waals surface area contributed by atoms with Gasteiger partial charge in [-0.2, -0.15) is 0 Å². The second-order valence-electron chi connectivity index (χ2n) is 7.28. The van der Waals surface area contributed by atoms with E-state index in [1.807, 2.05) is 32.9 Å². The molecule has 3 rings (SSSR count). The van der Waals surface area contributed by atoms with Crippen molar-refractivity contribution in [2.45, 2.75) is 43.7 Å². The van der Waals surface area contributed by atoms with Gasteiger partial charge >= 0.3 is 6.09 Å². The summed E-state index contributed by atoms with van der Waals surface area (Å²) >= 11 is 1.69. The third-order valence-electron chi connectivity index (χ3n) is 3.94.